The summed E-state index contributed by atoms with van der Waals surface area (Å²) in [5.41, 5.74) is 12.2. The van der Waals surface area contributed by atoms with E-state index in [0.29, 0.717) is 0 Å². The van der Waals surface area contributed by atoms with Gasteiger partial charge in [-0.25, -0.2) is 0 Å². The molecule has 1 aromatic rings. The third-order valence-electron chi connectivity index (χ3n) is 2.77. The molecule has 90 valence electrons. The number of hydrogen-bond acceptors (Lipinski definition) is 4. The Hall–Kier alpha value is 0.176. The van der Waals surface area contributed by atoms with E-state index in [1.165, 1.54) is 0 Å². The molecule has 1 rings (SSSR count). The second kappa shape index (κ2) is 8.31. The van der Waals surface area contributed by atoms with Gasteiger partial charge in [-0.05, 0) is 5.56 Å². The van der Waals surface area contributed by atoms with Crippen LogP contribution in [0.4, 0.5) is 0 Å². The molecule has 0 aromatic heterocycles. The van der Waals surface area contributed by atoms with Crippen LogP contribution >= 0.6 is 0 Å². The predicted molar refractivity (Wildman–Crippen MR) is 63.8 cm³/mol. The molecule has 0 fully saturated rings. The fourth-order valence-corrected chi connectivity index (χ4v) is 1.84. The van der Waals surface area contributed by atoms with E-state index < -0.39 is 12.1 Å². The molecule has 0 saturated carbocycles. The molecular weight excluding hydrogens is 245 g/mol. The zero-order chi connectivity index (χ0) is 12.1. The number of nitrogens with two attached hydrogens (primary N) is 2. The van der Waals surface area contributed by atoms with Gasteiger partial charge in [0.1, 0.15) is 0 Å². The summed E-state index contributed by atoms with van der Waals surface area (Å²) >= 11 is 0. The number of nitro groups is 1. The maximum atomic E-state index is 10.8. The quantitative estimate of drug-likeness (QED) is 0.359. The first-order chi connectivity index (χ1) is 7.57. The molecule has 0 spiro atoms. The second-order valence-corrected chi connectivity index (χ2v) is 3.86. The maximum absolute atomic E-state index is 10.8. The van der Waals surface area contributed by atoms with Gasteiger partial charge >= 0.3 is 51.4 Å². The Morgan fingerprint density at radius 3 is 2.35 bits per heavy atom. The van der Waals surface area contributed by atoms with Gasteiger partial charge < -0.3 is 12.9 Å². The van der Waals surface area contributed by atoms with E-state index in [0.717, 1.165) is 5.56 Å². The van der Waals surface area contributed by atoms with Gasteiger partial charge in [0.15, 0.2) is 0 Å². The van der Waals surface area contributed by atoms with Gasteiger partial charge in [-0.15, -0.1) is 0 Å². The average molecular weight is 263 g/mol. The van der Waals surface area contributed by atoms with Crippen molar-refractivity contribution < 1.29 is 57.7 Å². The molecule has 3 atom stereocenters. The van der Waals surface area contributed by atoms with E-state index in [9.17, 15) is 10.1 Å². The normalized spacial score (nSPS) is 15.5. The minimum atomic E-state index is -0.735. The van der Waals surface area contributed by atoms with Crippen molar-refractivity contribution >= 4 is 0 Å². The molecule has 0 aliphatic heterocycles. The number of benzene rings is 1. The summed E-state index contributed by atoms with van der Waals surface area (Å²) in [6, 6.07) is 8.12. The molecule has 0 aliphatic rings. The second-order valence-electron chi connectivity index (χ2n) is 3.86. The van der Waals surface area contributed by atoms with Crippen LogP contribution in [0.3, 0.4) is 0 Å². The molecule has 0 radical (unpaired) electrons. The van der Waals surface area contributed by atoms with Crippen molar-refractivity contribution in [3.63, 3.8) is 0 Å². The smallest absolute Gasteiger partial charge is 1.00 e. The number of hydrogen-bond donors (Lipinski definition) is 2. The van der Waals surface area contributed by atoms with Crippen LogP contribution in [0, 0.1) is 10.1 Å². The van der Waals surface area contributed by atoms with Crippen LogP contribution in [-0.2, 0) is 0 Å². The van der Waals surface area contributed by atoms with Crippen LogP contribution in [0.15, 0.2) is 30.3 Å². The summed E-state index contributed by atoms with van der Waals surface area (Å²) < 4.78 is 0. The van der Waals surface area contributed by atoms with Gasteiger partial charge in [0.2, 0.25) is 6.04 Å². The van der Waals surface area contributed by atoms with Crippen molar-refractivity contribution in [3.05, 3.63) is 46.0 Å². The van der Waals surface area contributed by atoms with E-state index in [4.69, 9.17) is 11.5 Å². The van der Waals surface area contributed by atoms with Crippen molar-refractivity contribution in [1.29, 1.82) is 0 Å². The molecule has 0 saturated heterocycles. The number of rotatable bonds is 5. The maximum Gasteiger partial charge on any atom is 1.00 e. The molecule has 17 heavy (non-hydrogen) atoms. The Morgan fingerprint density at radius 1 is 1.41 bits per heavy atom. The molecule has 0 aliphatic carbocycles. The Balaban J connectivity index is 0. The van der Waals surface area contributed by atoms with E-state index in [1.54, 1.807) is 6.92 Å². The summed E-state index contributed by atoms with van der Waals surface area (Å²) in [4.78, 5) is 10.5. The molecule has 5 nitrogen and oxygen atoms in total. The van der Waals surface area contributed by atoms with Crippen LogP contribution in [0.2, 0.25) is 0 Å². The van der Waals surface area contributed by atoms with Crippen LogP contribution in [-0.4, -0.2) is 23.6 Å². The van der Waals surface area contributed by atoms with E-state index in [1.807, 2.05) is 30.3 Å². The summed E-state index contributed by atoms with van der Waals surface area (Å²) in [5.74, 6) is -0.346. The van der Waals surface area contributed by atoms with Crippen LogP contribution < -0.4 is 62.9 Å². The fraction of sp³-hybridized carbons (Fsp3) is 0.455. The first-order valence-corrected chi connectivity index (χ1v) is 5.22. The minimum absolute atomic E-state index is 0. The third-order valence-corrected chi connectivity index (χ3v) is 2.77. The standard InChI is InChI=1S/C11H17N3O2.K.H/c1-8(14(15)16)11(10(13)7-12)9-5-3-2-4-6-9;;/h2-6,8,10-11H,7,12-13H2,1H3;;/q;+1;-1. The first-order valence-electron chi connectivity index (χ1n) is 5.22. The van der Waals surface area contributed by atoms with Crippen molar-refractivity contribution in [3.8, 4) is 0 Å². The van der Waals surface area contributed by atoms with Crippen molar-refractivity contribution in [2.45, 2.75) is 24.9 Å². The monoisotopic (exact) mass is 263 g/mol. The molecule has 4 N–H and O–H groups in total. The summed E-state index contributed by atoms with van der Waals surface area (Å²) in [6.07, 6.45) is 0. The summed E-state index contributed by atoms with van der Waals surface area (Å²) in [5, 5.41) is 10.8. The van der Waals surface area contributed by atoms with E-state index in [-0.39, 0.29) is 70.2 Å². The Morgan fingerprint density at radius 2 is 1.94 bits per heavy atom. The fourth-order valence-electron chi connectivity index (χ4n) is 1.84. The molecule has 0 bridgehead atoms. The molecule has 3 unspecified atom stereocenters. The van der Waals surface area contributed by atoms with Gasteiger partial charge in [0.25, 0.3) is 0 Å². The largest absolute Gasteiger partial charge is 1.00 e. The summed E-state index contributed by atoms with van der Waals surface area (Å²) in [7, 11) is 0. The molecule has 6 heteroatoms. The molecular formula is C11H18KN3O2. The zero-order valence-corrected chi connectivity index (χ0v) is 13.4. The SMILES string of the molecule is CC(C(c1ccccc1)C(N)CN)[N+](=O)[O-].[H-].[K+]. The molecule has 0 heterocycles. The van der Waals surface area contributed by atoms with Gasteiger partial charge in [-0.1, -0.05) is 30.3 Å². The van der Waals surface area contributed by atoms with E-state index in [2.05, 4.69) is 0 Å². The van der Waals surface area contributed by atoms with Crippen LogP contribution in [0.5, 0.6) is 0 Å². The van der Waals surface area contributed by atoms with Crippen LogP contribution in [0.25, 0.3) is 0 Å². The predicted octanol–water partition coefficient (Wildman–Crippen LogP) is -2.16. The third kappa shape index (κ3) is 4.74. The number of nitrogens with zero attached hydrogens (tertiary/aromatic N) is 1. The van der Waals surface area contributed by atoms with Crippen molar-refractivity contribution in [2.75, 3.05) is 6.54 Å². The zero-order valence-electron chi connectivity index (χ0n) is 11.2. The Bertz CT molecular complexity index is 353. The van der Waals surface area contributed by atoms with Crippen LogP contribution in [0.1, 0.15) is 19.8 Å². The van der Waals surface area contributed by atoms with Gasteiger partial charge in [0.05, 0.1) is 5.92 Å². The minimum Gasteiger partial charge on any atom is -1.00 e. The molecule has 1 aromatic carbocycles. The molecule has 0 amide bonds. The Kier molecular flexibility index (Phi) is 8.39. The summed E-state index contributed by atoms with van der Waals surface area (Å²) in [6.45, 7) is 1.80. The first kappa shape index (κ1) is 17.2. The van der Waals surface area contributed by atoms with Crippen molar-refractivity contribution in [2.24, 2.45) is 11.5 Å². The van der Waals surface area contributed by atoms with Gasteiger partial charge in [-0.2, -0.15) is 0 Å². The topological polar surface area (TPSA) is 95.2 Å². The van der Waals surface area contributed by atoms with Crippen molar-refractivity contribution in [1.82, 2.24) is 0 Å². The van der Waals surface area contributed by atoms with Gasteiger partial charge in [0, 0.05) is 24.4 Å². The van der Waals surface area contributed by atoms with Gasteiger partial charge in [-0.3, -0.25) is 10.1 Å². The Labute approximate surface area is 145 Å². The van der Waals surface area contributed by atoms with E-state index >= 15 is 0 Å². The average Bonchev–Trinajstić information content (AvgIpc) is 2.30.